The van der Waals surface area contributed by atoms with Crippen LogP contribution in [0.25, 0.3) is 0 Å². The smallest absolute Gasteiger partial charge is 0.255 e. The number of fused-ring (bicyclic) bond motifs is 6. The number of hydrogen-bond acceptors (Lipinski definition) is 5. The van der Waals surface area contributed by atoms with Crippen LogP contribution in [-0.4, -0.2) is 54.4 Å². The van der Waals surface area contributed by atoms with E-state index in [0.29, 0.717) is 12.3 Å². The Morgan fingerprint density at radius 2 is 1.88 bits per heavy atom. The summed E-state index contributed by atoms with van der Waals surface area (Å²) in [4.78, 5) is 39.3. The van der Waals surface area contributed by atoms with Crippen molar-refractivity contribution in [3.8, 4) is 5.75 Å². The van der Waals surface area contributed by atoms with E-state index in [-0.39, 0.29) is 17.7 Å². The van der Waals surface area contributed by atoms with Crippen LogP contribution < -0.4 is 9.75 Å². The number of likely N-dealkylation sites (N-methyl/N-ethyl adjacent to an activating group) is 1. The summed E-state index contributed by atoms with van der Waals surface area (Å²) in [5, 5.41) is 3.33. The van der Waals surface area contributed by atoms with Gasteiger partial charge in [0.25, 0.3) is 5.91 Å². The largest absolute Gasteiger partial charge is 0.497 e. The van der Waals surface area contributed by atoms with Crippen molar-refractivity contribution in [1.82, 2.24) is 9.91 Å². The molecule has 7 nitrogen and oxygen atoms in total. The molecule has 3 aliphatic heterocycles. The second-order valence-corrected chi connectivity index (χ2v) is 7.17. The van der Waals surface area contributed by atoms with Crippen LogP contribution in [0.15, 0.2) is 18.2 Å². The fraction of sp³-hybridized carbons (Fsp3) is 0.471. The summed E-state index contributed by atoms with van der Waals surface area (Å²) in [6.07, 6.45) is 0. The highest BCUT2D eigenvalue weighted by Crippen LogP contribution is 2.49. The minimum atomic E-state index is -0.809. The molecule has 7 heteroatoms. The fourth-order valence-corrected chi connectivity index (χ4v) is 3.90. The average Bonchev–Trinajstić information content (AvgIpc) is 2.93. The summed E-state index contributed by atoms with van der Waals surface area (Å²) in [6.45, 7) is 4.19. The molecule has 0 saturated carbocycles. The monoisotopic (exact) mass is 329 g/mol. The molecule has 0 aromatic heterocycles. The van der Waals surface area contributed by atoms with Crippen molar-refractivity contribution in [2.24, 2.45) is 5.41 Å². The quantitative estimate of drug-likeness (QED) is 0.711. The maximum Gasteiger partial charge on any atom is 0.255 e. The minimum absolute atomic E-state index is 0.129. The Hall–Kier alpha value is -2.57. The first-order chi connectivity index (χ1) is 11.3. The van der Waals surface area contributed by atoms with Crippen LogP contribution in [0, 0.1) is 5.41 Å². The van der Waals surface area contributed by atoms with Gasteiger partial charge in [-0.05, 0) is 37.6 Å². The highest BCUT2D eigenvalue weighted by Gasteiger charge is 2.61. The van der Waals surface area contributed by atoms with Crippen molar-refractivity contribution < 1.29 is 19.1 Å². The molecule has 3 amide bonds. The van der Waals surface area contributed by atoms with Crippen LogP contribution in [0.1, 0.15) is 25.3 Å². The zero-order valence-corrected chi connectivity index (χ0v) is 14.1. The van der Waals surface area contributed by atoms with Crippen molar-refractivity contribution in [2.75, 3.05) is 25.7 Å². The Kier molecular flexibility index (Phi) is 2.81. The van der Waals surface area contributed by atoms with Gasteiger partial charge >= 0.3 is 0 Å². The van der Waals surface area contributed by atoms with E-state index in [0.717, 1.165) is 16.2 Å². The van der Waals surface area contributed by atoms with Gasteiger partial charge in [-0.3, -0.25) is 24.3 Å². The number of hydrogen-bond donors (Lipinski definition) is 0. The van der Waals surface area contributed by atoms with Gasteiger partial charge in [0, 0.05) is 7.05 Å². The van der Waals surface area contributed by atoms with Crippen molar-refractivity contribution in [3.63, 3.8) is 0 Å². The van der Waals surface area contributed by atoms with Gasteiger partial charge in [-0.2, -0.15) is 0 Å². The molecule has 1 aromatic carbocycles. The Labute approximate surface area is 139 Å². The predicted molar refractivity (Wildman–Crippen MR) is 85.3 cm³/mol. The summed E-state index contributed by atoms with van der Waals surface area (Å²) in [6, 6.07) is 4.64. The van der Waals surface area contributed by atoms with Crippen LogP contribution >= 0.6 is 0 Å². The molecule has 2 unspecified atom stereocenters. The van der Waals surface area contributed by atoms with Crippen LogP contribution in [0.3, 0.4) is 0 Å². The van der Waals surface area contributed by atoms with E-state index in [1.54, 1.807) is 19.2 Å². The number of rotatable bonds is 1. The van der Waals surface area contributed by atoms with Gasteiger partial charge < -0.3 is 4.74 Å². The molecule has 2 atom stereocenters. The molecule has 3 aliphatic rings. The molecule has 0 bridgehead atoms. The van der Waals surface area contributed by atoms with Gasteiger partial charge in [0.15, 0.2) is 0 Å². The van der Waals surface area contributed by atoms with Crippen molar-refractivity contribution in [1.29, 1.82) is 0 Å². The first kappa shape index (κ1) is 15.0. The number of hydrazine groups is 1. The zero-order valence-electron chi connectivity index (χ0n) is 14.1. The lowest BCUT2D eigenvalue weighted by molar-refractivity contribution is -0.144. The second-order valence-electron chi connectivity index (χ2n) is 7.17. The number of imide groups is 1. The average molecular weight is 329 g/mol. The van der Waals surface area contributed by atoms with Crippen molar-refractivity contribution >= 4 is 23.4 Å². The molecule has 126 valence electrons. The minimum Gasteiger partial charge on any atom is -0.497 e. The number of anilines is 1. The van der Waals surface area contributed by atoms with E-state index < -0.39 is 17.4 Å². The molecule has 1 aromatic rings. The Balaban J connectivity index is 1.96. The first-order valence-corrected chi connectivity index (χ1v) is 7.88. The van der Waals surface area contributed by atoms with E-state index >= 15 is 0 Å². The number of likely N-dealkylation sites (tertiary alicyclic amines) is 1. The molecular weight excluding hydrogens is 310 g/mol. The maximum absolute atomic E-state index is 12.9. The molecule has 0 aliphatic carbocycles. The number of nitrogens with zero attached hydrogens (tertiary/aromatic N) is 3. The van der Waals surface area contributed by atoms with Crippen molar-refractivity contribution in [2.45, 2.75) is 25.8 Å². The number of amides is 3. The summed E-state index contributed by atoms with van der Waals surface area (Å²) < 4.78 is 5.28. The van der Waals surface area contributed by atoms with Gasteiger partial charge in [-0.1, -0.05) is 0 Å². The second kappa shape index (κ2) is 4.49. The van der Waals surface area contributed by atoms with Crippen molar-refractivity contribution in [3.05, 3.63) is 23.8 Å². The van der Waals surface area contributed by atoms with E-state index in [9.17, 15) is 14.4 Å². The lowest BCUT2D eigenvalue weighted by Gasteiger charge is -2.41. The third-order valence-electron chi connectivity index (χ3n) is 5.20. The SMILES string of the molecule is COc1ccc2c(c1)C1C(=O)N(C)C(=O)C1N1C(=O)C(C)(C)CN21. The molecule has 4 rings (SSSR count). The standard InChI is InChI=1S/C17H19N3O4/c1-17(2)8-19-11-6-5-9(24-4)7-10(11)12-13(20(19)16(17)23)15(22)18(3)14(12)21/h5-7,12-13H,8H2,1-4H3. The van der Waals surface area contributed by atoms with Crippen LogP contribution in [0.2, 0.25) is 0 Å². The molecule has 2 saturated heterocycles. The summed E-state index contributed by atoms with van der Waals surface area (Å²) >= 11 is 0. The Morgan fingerprint density at radius 1 is 1.17 bits per heavy atom. The predicted octanol–water partition coefficient (Wildman–Crippen LogP) is 0.749. The maximum atomic E-state index is 12.9. The van der Waals surface area contributed by atoms with Gasteiger partial charge in [0.2, 0.25) is 11.8 Å². The first-order valence-electron chi connectivity index (χ1n) is 7.88. The molecule has 0 spiro atoms. The number of carbonyl (C=O) groups excluding carboxylic acids is 3. The number of ether oxygens (including phenoxy) is 1. The third kappa shape index (κ3) is 1.64. The molecule has 0 radical (unpaired) electrons. The molecule has 3 heterocycles. The number of carbonyl (C=O) groups is 3. The number of methoxy groups -OCH3 is 1. The summed E-state index contributed by atoms with van der Waals surface area (Å²) in [5.41, 5.74) is 0.910. The highest BCUT2D eigenvalue weighted by atomic mass is 16.5. The highest BCUT2D eigenvalue weighted by molar-refractivity contribution is 6.12. The van der Waals surface area contributed by atoms with Gasteiger partial charge in [0.1, 0.15) is 11.8 Å². The van der Waals surface area contributed by atoms with Crippen LogP contribution in [-0.2, 0) is 14.4 Å². The lowest BCUT2D eigenvalue weighted by Crippen LogP contribution is -2.54. The molecular formula is C17H19N3O4. The molecule has 24 heavy (non-hydrogen) atoms. The topological polar surface area (TPSA) is 70.2 Å². The number of benzene rings is 1. The lowest BCUT2D eigenvalue weighted by atomic mass is 9.89. The normalized spacial score (nSPS) is 27.3. The van der Waals surface area contributed by atoms with E-state index in [1.165, 1.54) is 12.1 Å². The molecule has 2 fully saturated rings. The van der Waals surface area contributed by atoms with Gasteiger partial charge in [0.05, 0.1) is 30.7 Å². The summed E-state index contributed by atoms with van der Waals surface area (Å²) in [5.74, 6) is -0.802. The van der Waals surface area contributed by atoms with E-state index in [2.05, 4.69) is 0 Å². The third-order valence-corrected chi connectivity index (χ3v) is 5.20. The Morgan fingerprint density at radius 3 is 2.54 bits per heavy atom. The summed E-state index contributed by atoms with van der Waals surface area (Å²) in [7, 11) is 3.03. The van der Waals surface area contributed by atoms with Gasteiger partial charge in [-0.25, -0.2) is 5.01 Å². The van der Waals surface area contributed by atoms with Crippen LogP contribution in [0.5, 0.6) is 5.75 Å². The van der Waals surface area contributed by atoms with Gasteiger partial charge in [-0.15, -0.1) is 0 Å². The van der Waals surface area contributed by atoms with Crippen LogP contribution in [0.4, 0.5) is 5.69 Å². The van der Waals surface area contributed by atoms with E-state index in [4.69, 9.17) is 4.74 Å². The molecule has 0 N–H and O–H groups in total. The van der Waals surface area contributed by atoms with E-state index in [1.807, 2.05) is 24.9 Å². The fourth-order valence-electron chi connectivity index (χ4n) is 3.90. The Bertz CT molecular complexity index is 788. The zero-order chi connectivity index (χ0) is 17.4.